The van der Waals surface area contributed by atoms with Crippen molar-refractivity contribution in [2.45, 2.75) is 45.4 Å². The van der Waals surface area contributed by atoms with Crippen LogP contribution in [0.15, 0.2) is 5.38 Å². The molecule has 0 aliphatic carbocycles. The number of nitriles is 1. The number of ether oxygens (including phenoxy) is 1. The van der Waals surface area contributed by atoms with Crippen LogP contribution >= 0.6 is 11.3 Å². The Labute approximate surface area is 112 Å². The zero-order chi connectivity index (χ0) is 14.0. The van der Waals surface area contributed by atoms with Gasteiger partial charge in [0.15, 0.2) is 0 Å². The summed E-state index contributed by atoms with van der Waals surface area (Å²) in [6.07, 6.45) is 0. The number of carbonyl (C=O) groups excluding carboxylic acids is 1. The highest BCUT2D eigenvalue weighted by molar-refractivity contribution is 7.09. The minimum atomic E-state index is -0.781. The molecular formula is C13H18N2O2S. The molecule has 18 heavy (non-hydrogen) atoms. The monoisotopic (exact) mass is 266 g/mol. The fourth-order valence-corrected chi connectivity index (χ4v) is 2.37. The van der Waals surface area contributed by atoms with Crippen molar-refractivity contribution in [1.29, 1.82) is 5.26 Å². The first-order valence-electron chi connectivity index (χ1n) is 5.80. The quantitative estimate of drug-likeness (QED) is 0.786. The van der Waals surface area contributed by atoms with Crippen LogP contribution in [0.1, 0.15) is 45.3 Å². The van der Waals surface area contributed by atoms with Crippen LogP contribution in [-0.2, 0) is 20.4 Å². The highest BCUT2D eigenvalue weighted by Crippen LogP contribution is 2.31. The first-order valence-corrected chi connectivity index (χ1v) is 6.68. The standard InChI is InChI=1S/C13H18N2O2S/c1-6-17-11(16)13(4,5)9-7-18-10(15-9)12(2,3)8-14/h7H,6H2,1-5H3. The lowest BCUT2D eigenvalue weighted by Gasteiger charge is -2.20. The normalized spacial score (nSPS) is 12.0. The fraction of sp³-hybridized carbons (Fsp3) is 0.615. The second-order valence-electron chi connectivity index (χ2n) is 5.12. The molecule has 0 aromatic carbocycles. The number of aromatic nitrogens is 1. The van der Waals surface area contributed by atoms with Crippen LogP contribution < -0.4 is 0 Å². The van der Waals surface area contributed by atoms with Crippen LogP contribution in [0, 0.1) is 11.3 Å². The van der Waals surface area contributed by atoms with Gasteiger partial charge in [0.1, 0.15) is 15.8 Å². The van der Waals surface area contributed by atoms with Crippen LogP contribution in [0.4, 0.5) is 0 Å². The number of hydrogen-bond donors (Lipinski definition) is 0. The number of thiazole rings is 1. The van der Waals surface area contributed by atoms with E-state index in [1.54, 1.807) is 20.8 Å². The van der Waals surface area contributed by atoms with Gasteiger partial charge >= 0.3 is 5.97 Å². The summed E-state index contributed by atoms with van der Waals surface area (Å²) >= 11 is 1.40. The Hall–Kier alpha value is -1.41. The van der Waals surface area contributed by atoms with Crippen LogP contribution in [0.25, 0.3) is 0 Å². The molecule has 1 heterocycles. The van der Waals surface area contributed by atoms with Crippen molar-refractivity contribution in [2.24, 2.45) is 0 Å². The molecule has 1 aromatic rings. The summed E-state index contributed by atoms with van der Waals surface area (Å²) in [6, 6.07) is 2.21. The Morgan fingerprint density at radius 3 is 2.61 bits per heavy atom. The van der Waals surface area contributed by atoms with Crippen molar-refractivity contribution in [2.75, 3.05) is 6.61 Å². The third-order valence-corrected chi connectivity index (χ3v) is 3.91. The van der Waals surface area contributed by atoms with Crippen LogP contribution in [0.5, 0.6) is 0 Å². The summed E-state index contributed by atoms with van der Waals surface area (Å²) in [5.74, 6) is -0.295. The van der Waals surface area contributed by atoms with Crippen molar-refractivity contribution in [3.05, 3.63) is 16.1 Å². The summed E-state index contributed by atoms with van der Waals surface area (Å²) in [5, 5.41) is 11.6. The average molecular weight is 266 g/mol. The molecule has 0 unspecified atom stereocenters. The highest BCUT2D eigenvalue weighted by Gasteiger charge is 2.35. The summed E-state index contributed by atoms with van der Waals surface area (Å²) < 4.78 is 5.04. The van der Waals surface area contributed by atoms with Crippen LogP contribution in [0.3, 0.4) is 0 Å². The van der Waals surface area contributed by atoms with Crippen LogP contribution in [0.2, 0.25) is 0 Å². The van der Waals surface area contributed by atoms with Crippen molar-refractivity contribution in [3.8, 4) is 6.07 Å². The van der Waals surface area contributed by atoms with Gasteiger partial charge < -0.3 is 4.74 Å². The molecule has 5 heteroatoms. The van der Waals surface area contributed by atoms with Gasteiger partial charge in [-0.15, -0.1) is 11.3 Å². The van der Waals surface area contributed by atoms with Crippen molar-refractivity contribution >= 4 is 17.3 Å². The molecule has 0 radical (unpaired) electrons. The lowest BCUT2D eigenvalue weighted by Crippen LogP contribution is -2.31. The predicted octanol–water partition coefficient (Wildman–Crippen LogP) is 2.78. The largest absolute Gasteiger partial charge is 0.465 e. The minimum Gasteiger partial charge on any atom is -0.465 e. The van der Waals surface area contributed by atoms with Crippen molar-refractivity contribution in [1.82, 2.24) is 4.98 Å². The predicted molar refractivity (Wildman–Crippen MR) is 70.4 cm³/mol. The lowest BCUT2D eigenvalue weighted by atomic mass is 9.90. The van der Waals surface area contributed by atoms with Gasteiger partial charge in [0.2, 0.25) is 0 Å². The van der Waals surface area contributed by atoms with Crippen molar-refractivity contribution in [3.63, 3.8) is 0 Å². The molecule has 0 bridgehead atoms. The first-order chi connectivity index (χ1) is 8.25. The number of esters is 1. The second kappa shape index (κ2) is 5.07. The maximum atomic E-state index is 11.9. The Morgan fingerprint density at radius 2 is 2.11 bits per heavy atom. The topological polar surface area (TPSA) is 63.0 Å². The number of nitrogens with zero attached hydrogens (tertiary/aromatic N) is 2. The lowest BCUT2D eigenvalue weighted by molar-refractivity contribution is -0.148. The first kappa shape index (κ1) is 14.7. The molecule has 0 spiro atoms. The average Bonchev–Trinajstić information content (AvgIpc) is 2.79. The van der Waals surface area contributed by atoms with Gasteiger partial charge in [-0.25, -0.2) is 4.98 Å². The summed E-state index contributed by atoms with van der Waals surface area (Å²) in [4.78, 5) is 16.3. The zero-order valence-electron chi connectivity index (χ0n) is 11.4. The third-order valence-electron chi connectivity index (χ3n) is 2.74. The molecule has 98 valence electrons. The summed E-state index contributed by atoms with van der Waals surface area (Å²) in [7, 11) is 0. The molecule has 0 aliphatic heterocycles. The van der Waals surface area contributed by atoms with Crippen molar-refractivity contribution < 1.29 is 9.53 Å². The van der Waals surface area contributed by atoms with Crippen LogP contribution in [-0.4, -0.2) is 17.6 Å². The maximum absolute atomic E-state index is 11.9. The Morgan fingerprint density at radius 1 is 1.50 bits per heavy atom. The number of hydrogen-bond acceptors (Lipinski definition) is 5. The molecular weight excluding hydrogens is 248 g/mol. The molecule has 0 amide bonds. The van der Waals surface area contributed by atoms with E-state index in [2.05, 4.69) is 11.1 Å². The van der Waals surface area contributed by atoms with Gasteiger partial charge in [-0.1, -0.05) is 0 Å². The molecule has 0 aliphatic rings. The van der Waals surface area contributed by atoms with Gasteiger partial charge in [0.25, 0.3) is 0 Å². The zero-order valence-corrected chi connectivity index (χ0v) is 12.2. The molecule has 4 nitrogen and oxygen atoms in total. The van der Waals surface area contributed by atoms with E-state index in [-0.39, 0.29) is 5.97 Å². The van der Waals surface area contributed by atoms with E-state index in [0.29, 0.717) is 12.3 Å². The van der Waals surface area contributed by atoms with E-state index < -0.39 is 10.8 Å². The number of rotatable bonds is 4. The van der Waals surface area contributed by atoms with E-state index in [4.69, 9.17) is 10.00 Å². The summed E-state index contributed by atoms with van der Waals surface area (Å²) in [5.41, 5.74) is -0.756. The Kier molecular flexibility index (Phi) is 4.12. The Balaban J connectivity index is 3.06. The second-order valence-corrected chi connectivity index (χ2v) is 5.98. The highest BCUT2D eigenvalue weighted by atomic mass is 32.1. The van der Waals surface area contributed by atoms with Gasteiger partial charge in [0, 0.05) is 5.38 Å². The van der Waals surface area contributed by atoms with E-state index in [1.807, 2.05) is 19.2 Å². The van der Waals surface area contributed by atoms with Gasteiger partial charge in [-0.2, -0.15) is 5.26 Å². The van der Waals surface area contributed by atoms with E-state index >= 15 is 0 Å². The molecule has 1 rings (SSSR count). The molecule has 0 atom stereocenters. The third kappa shape index (κ3) is 2.70. The van der Waals surface area contributed by atoms with Gasteiger partial charge in [-0.05, 0) is 34.6 Å². The van der Waals surface area contributed by atoms with E-state index in [0.717, 1.165) is 5.01 Å². The smallest absolute Gasteiger partial charge is 0.317 e. The molecule has 0 saturated carbocycles. The van der Waals surface area contributed by atoms with Gasteiger partial charge in [0.05, 0.1) is 18.4 Å². The van der Waals surface area contributed by atoms with Gasteiger partial charge in [-0.3, -0.25) is 4.79 Å². The molecule has 0 fully saturated rings. The molecule has 0 saturated heterocycles. The van der Waals surface area contributed by atoms with E-state index in [1.165, 1.54) is 11.3 Å². The SMILES string of the molecule is CCOC(=O)C(C)(C)c1csc(C(C)(C)C#N)n1. The molecule has 0 N–H and O–H groups in total. The number of carbonyl (C=O) groups is 1. The minimum absolute atomic E-state index is 0.295. The maximum Gasteiger partial charge on any atom is 0.317 e. The summed E-state index contributed by atoms with van der Waals surface area (Å²) in [6.45, 7) is 9.31. The fourth-order valence-electron chi connectivity index (χ4n) is 1.31. The Bertz CT molecular complexity index is 483. The molecule has 1 aromatic heterocycles. The van der Waals surface area contributed by atoms with E-state index in [9.17, 15) is 4.79 Å².